The summed E-state index contributed by atoms with van der Waals surface area (Å²) in [6.45, 7) is 0.569. The van der Waals surface area contributed by atoms with Gasteiger partial charge in [0, 0.05) is 18.2 Å². The molecular weight excluding hydrogens is 213 g/mol. The van der Waals surface area contributed by atoms with Crippen molar-refractivity contribution in [1.29, 1.82) is 0 Å². The van der Waals surface area contributed by atoms with Crippen molar-refractivity contribution in [1.82, 2.24) is 10.2 Å². The molecule has 0 bridgehead atoms. The number of aromatic nitrogens is 2. The summed E-state index contributed by atoms with van der Waals surface area (Å²) < 4.78 is 0. The van der Waals surface area contributed by atoms with Gasteiger partial charge in [0.2, 0.25) is 0 Å². The van der Waals surface area contributed by atoms with Crippen LogP contribution in [0.2, 0.25) is 0 Å². The van der Waals surface area contributed by atoms with Crippen molar-refractivity contribution in [3.05, 3.63) is 17.5 Å². The third kappa shape index (κ3) is 3.52. The van der Waals surface area contributed by atoms with E-state index in [1.807, 2.05) is 0 Å². The summed E-state index contributed by atoms with van der Waals surface area (Å²) in [5, 5.41) is 7.05. The van der Waals surface area contributed by atoms with Gasteiger partial charge in [0.1, 0.15) is 0 Å². The highest BCUT2D eigenvalue weighted by Gasteiger charge is 2.25. The number of halogens is 2. The number of nitrogens with two attached hydrogens (primary N) is 1. The quantitative estimate of drug-likeness (QED) is 0.782. The molecule has 1 aromatic heterocycles. The maximum absolute atomic E-state index is 5.41. The SMILES string of the molecule is Cl.Cl.NCc1cc(C2CC2)n[nH]1.O. The molecule has 1 aliphatic carbocycles. The molecular formula is C7H15Cl2N3O. The molecule has 0 unspecified atom stereocenters. The molecule has 1 saturated carbocycles. The number of hydrogen-bond acceptors (Lipinski definition) is 2. The number of H-pyrrole nitrogens is 1. The van der Waals surface area contributed by atoms with Gasteiger partial charge in [0.15, 0.2) is 0 Å². The third-order valence-corrected chi connectivity index (χ3v) is 1.87. The molecule has 1 fully saturated rings. The molecule has 0 amide bonds. The Bertz CT molecular complexity index is 237. The molecule has 1 aromatic rings. The minimum absolute atomic E-state index is 0. The molecule has 2 rings (SSSR count). The molecule has 4 nitrogen and oxygen atoms in total. The molecule has 0 aromatic carbocycles. The van der Waals surface area contributed by atoms with E-state index in [2.05, 4.69) is 16.3 Å². The number of hydrogen-bond donors (Lipinski definition) is 2. The fourth-order valence-electron chi connectivity index (χ4n) is 1.07. The van der Waals surface area contributed by atoms with Gasteiger partial charge in [0.25, 0.3) is 0 Å². The second-order valence-electron chi connectivity index (χ2n) is 2.80. The van der Waals surface area contributed by atoms with E-state index >= 15 is 0 Å². The molecule has 6 heteroatoms. The van der Waals surface area contributed by atoms with Crippen molar-refractivity contribution in [3.8, 4) is 0 Å². The van der Waals surface area contributed by atoms with Gasteiger partial charge in [-0.3, -0.25) is 5.10 Å². The first-order chi connectivity index (χ1) is 4.90. The van der Waals surface area contributed by atoms with Crippen LogP contribution in [0.15, 0.2) is 6.07 Å². The average molecular weight is 228 g/mol. The first kappa shape index (κ1) is 15.2. The number of aromatic amines is 1. The lowest BCUT2D eigenvalue weighted by molar-refractivity contribution is 0.824. The number of nitrogens with zero attached hydrogens (tertiary/aromatic N) is 1. The maximum atomic E-state index is 5.41. The number of rotatable bonds is 2. The van der Waals surface area contributed by atoms with Gasteiger partial charge in [-0.2, -0.15) is 5.10 Å². The van der Waals surface area contributed by atoms with Crippen molar-refractivity contribution < 1.29 is 5.48 Å². The Balaban J connectivity index is 0. The topological polar surface area (TPSA) is 86.2 Å². The summed E-state index contributed by atoms with van der Waals surface area (Å²) in [5.41, 5.74) is 7.65. The smallest absolute Gasteiger partial charge is 0.0656 e. The predicted molar refractivity (Wildman–Crippen MR) is 56.6 cm³/mol. The largest absolute Gasteiger partial charge is 0.412 e. The summed E-state index contributed by atoms with van der Waals surface area (Å²) in [6.07, 6.45) is 2.60. The van der Waals surface area contributed by atoms with Gasteiger partial charge < -0.3 is 11.2 Å². The van der Waals surface area contributed by atoms with E-state index in [9.17, 15) is 0 Å². The van der Waals surface area contributed by atoms with Crippen LogP contribution in [0.5, 0.6) is 0 Å². The van der Waals surface area contributed by atoms with E-state index in [1.54, 1.807) is 0 Å². The van der Waals surface area contributed by atoms with Crippen LogP contribution in [0.3, 0.4) is 0 Å². The van der Waals surface area contributed by atoms with E-state index in [0.717, 1.165) is 11.6 Å². The Hall–Kier alpha value is -0.290. The van der Waals surface area contributed by atoms with Crippen molar-refractivity contribution in [2.24, 2.45) is 5.73 Å². The zero-order chi connectivity index (χ0) is 6.97. The van der Waals surface area contributed by atoms with Crippen LogP contribution in [0, 0.1) is 0 Å². The molecule has 0 aliphatic heterocycles. The Morgan fingerprint density at radius 3 is 2.46 bits per heavy atom. The van der Waals surface area contributed by atoms with Gasteiger partial charge in [-0.15, -0.1) is 24.8 Å². The Kier molecular flexibility index (Phi) is 7.26. The Morgan fingerprint density at radius 1 is 1.46 bits per heavy atom. The Morgan fingerprint density at radius 2 is 2.08 bits per heavy atom. The number of nitrogens with one attached hydrogen (secondary N) is 1. The van der Waals surface area contributed by atoms with E-state index < -0.39 is 0 Å². The molecule has 13 heavy (non-hydrogen) atoms. The zero-order valence-corrected chi connectivity index (χ0v) is 8.75. The van der Waals surface area contributed by atoms with Crippen molar-refractivity contribution in [2.45, 2.75) is 25.3 Å². The lowest BCUT2D eigenvalue weighted by Crippen LogP contribution is -1.95. The molecule has 1 heterocycles. The molecule has 0 spiro atoms. The lowest BCUT2D eigenvalue weighted by Gasteiger charge is -1.82. The highest BCUT2D eigenvalue weighted by molar-refractivity contribution is 5.85. The molecule has 78 valence electrons. The van der Waals surface area contributed by atoms with Gasteiger partial charge in [-0.05, 0) is 18.9 Å². The highest BCUT2D eigenvalue weighted by atomic mass is 35.5. The van der Waals surface area contributed by atoms with Gasteiger partial charge in [0.05, 0.1) is 5.69 Å². The zero-order valence-electron chi connectivity index (χ0n) is 7.12. The van der Waals surface area contributed by atoms with E-state index in [4.69, 9.17) is 5.73 Å². The summed E-state index contributed by atoms with van der Waals surface area (Å²) in [5.74, 6) is 0.733. The van der Waals surface area contributed by atoms with Crippen LogP contribution < -0.4 is 5.73 Å². The molecule has 0 atom stereocenters. The second-order valence-corrected chi connectivity index (χ2v) is 2.80. The van der Waals surface area contributed by atoms with Crippen LogP contribution in [0.1, 0.15) is 30.1 Å². The summed E-state index contributed by atoms with van der Waals surface area (Å²) >= 11 is 0. The van der Waals surface area contributed by atoms with Crippen LogP contribution in [-0.2, 0) is 6.54 Å². The van der Waals surface area contributed by atoms with Crippen LogP contribution in [0.4, 0.5) is 0 Å². The van der Waals surface area contributed by atoms with Crippen molar-refractivity contribution in [2.75, 3.05) is 0 Å². The van der Waals surface area contributed by atoms with Crippen molar-refractivity contribution in [3.63, 3.8) is 0 Å². The summed E-state index contributed by atoms with van der Waals surface area (Å²) in [7, 11) is 0. The fraction of sp³-hybridized carbons (Fsp3) is 0.571. The van der Waals surface area contributed by atoms with E-state index in [0.29, 0.717) is 6.54 Å². The standard InChI is InChI=1S/C7H11N3.2ClH.H2O/c8-4-6-3-7(10-9-6)5-1-2-5;;;/h3,5H,1-2,4,8H2,(H,9,10);2*1H;1H2. The third-order valence-electron chi connectivity index (χ3n) is 1.87. The predicted octanol–water partition coefficient (Wildman–Crippen LogP) is 0.765. The van der Waals surface area contributed by atoms with Gasteiger partial charge >= 0.3 is 0 Å². The minimum atomic E-state index is 0. The molecule has 1 aliphatic rings. The molecule has 0 radical (unpaired) electrons. The monoisotopic (exact) mass is 227 g/mol. The van der Waals surface area contributed by atoms with Crippen LogP contribution in [-0.4, -0.2) is 15.7 Å². The van der Waals surface area contributed by atoms with Crippen molar-refractivity contribution >= 4 is 24.8 Å². The summed E-state index contributed by atoms with van der Waals surface area (Å²) in [6, 6.07) is 2.07. The van der Waals surface area contributed by atoms with Gasteiger partial charge in [-0.25, -0.2) is 0 Å². The van der Waals surface area contributed by atoms with Crippen LogP contribution in [0.25, 0.3) is 0 Å². The molecule has 0 saturated heterocycles. The van der Waals surface area contributed by atoms with E-state index in [-0.39, 0.29) is 30.3 Å². The highest BCUT2D eigenvalue weighted by Crippen LogP contribution is 2.38. The second kappa shape index (κ2) is 6.21. The van der Waals surface area contributed by atoms with Gasteiger partial charge in [-0.1, -0.05) is 0 Å². The minimum Gasteiger partial charge on any atom is -0.412 e. The first-order valence-corrected chi connectivity index (χ1v) is 3.64. The normalized spacial score (nSPS) is 13.6. The van der Waals surface area contributed by atoms with E-state index in [1.165, 1.54) is 18.5 Å². The average Bonchev–Trinajstić information content (AvgIpc) is 2.70. The first-order valence-electron chi connectivity index (χ1n) is 3.64. The molecule has 5 N–H and O–H groups in total. The van der Waals surface area contributed by atoms with Crippen LogP contribution >= 0.6 is 24.8 Å². The Labute approximate surface area is 89.4 Å². The summed E-state index contributed by atoms with van der Waals surface area (Å²) in [4.78, 5) is 0. The maximum Gasteiger partial charge on any atom is 0.0656 e. The lowest BCUT2D eigenvalue weighted by atomic mass is 10.3. The fourth-order valence-corrected chi connectivity index (χ4v) is 1.07.